The molecule has 2 aromatic rings. The van der Waals surface area contributed by atoms with Gasteiger partial charge in [0, 0.05) is 26.7 Å². The van der Waals surface area contributed by atoms with Crippen LogP contribution in [0.2, 0.25) is 0 Å². The number of fused-ring (bicyclic) bond motifs is 4. The first-order valence-electron chi connectivity index (χ1n) is 13.2. The van der Waals surface area contributed by atoms with E-state index < -0.39 is 54.2 Å². The molecule has 11 heteroatoms. The normalized spacial score (nSPS) is 20.1. The van der Waals surface area contributed by atoms with E-state index in [2.05, 4.69) is 21.3 Å². The third kappa shape index (κ3) is 9.62. The third-order valence-electron chi connectivity index (χ3n) is 6.15. The molecule has 2 aromatic carbocycles. The monoisotopic (exact) mass is 558 g/mol. The lowest BCUT2D eigenvalue weighted by Crippen LogP contribution is -2.58. The van der Waals surface area contributed by atoms with Crippen LogP contribution in [0.3, 0.4) is 0 Å². The summed E-state index contributed by atoms with van der Waals surface area (Å²) in [5.41, 5.74) is 1.35. The highest BCUT2D eigenvalue weighted by atomic mass is 19.3. The van der Waals surface area contributed by atoms with E-state index in [1.54, 1.807) is 48.5 Å². The topological polar surface area (TPSA) is 126 Å². The lowest BCUT2D eigenvalue weighted by atomic mass is 9.99. The van der Waals surface area contributed by atoms with E-state index in [0.717, 1.165) is 5.56 Å². The largest absolute Gasteiger partial charge is 0.457 e. The molecule has 4 amide bonds. The lowest BCUT2D eigenvalue weighted by molar-refractivity contribution is -0.134. The molecule has 3 rings (SSSR count). The molecular formula is C29H36F2N4O5. The van der Waals surface area contributed by atoms with Gasteiger partial charge in [0.05, 0.1) is 6.54 Å². The van der Waals surface area contributed by atoms with E-state index in [0.29, 0.717) is 24.0 Å². The third-order valence-corrected chi connectivity index (χ3v) is 6.15. The maximum absolute atomic E-state index is 13.5. The summed E-state index contributed by atoms with van der Waals surface area (Å²) in [4.78, 5) is 51.7. The van der Waals surface area contributed by atoms with Crippen LogP contribution in [-0.4, -0.2) is 54.2 Å². The molecule has 216 valence electrons. The van der Waals surface area contributed by atoms with E-state index in [1.807, 2.05) is 13.8 Å². The number of carbonyl (C=O) groups is 4. The Bertz CT molecular complexity index is 1230. The van der Waals surface area contributed by atoms with Gasteiger partial charge in [0.25, 0.3) is 5.92 Å². The number of ether oxygens (including phenoxy) is 1. The number of hydrogen-bond donors (Lipinski definition) is 4. The molecule has 1 heterocycles. The van der Waals surface area contributed by atoms with E-state index in [4.69, 9.17) is 4.74 Å². The molecular weight excluding hydrogens is 522 g/mol. The molecule has 9 nitrogen and oxygen atoms in total. The Labute approximate surface area is 232 Å². The summed E-state index contributed by atoms with van der Waals surface area (Å²) < 4.78 is 33.0. The highest BCUT2D eigenvalue weighted by molar-refractivity contribution is 5.94. The number of halogens is 2. The quantitative estimate of drug-likeness (QED) is 0.434. The standard InChI is InChI=1S/C29H36F2N4O5/c1-17(2)11-23-27(38)35-24(26(37)32-16-29(4,30)31)14-19-7-5-9-21(12-19)40-22-10-6-8-20(13-22)15-25(28(39)34-23)33-18(3)36/h5-10,12-13,17,23-25H,11,14-16H2,1-4H3,(H,32,37)(H,33,36)(H,34,39)(H,35,38)/t23-,24-,25-/m0/s1. The number of benzene rings is 2. The highest BCUT2D eigenvalue weighted by Crippen LogP contribution is 2.25. The Balaban J connectivity index is 2.03. The molecule has 4 bridgehead atoms. The first-order chi connectivity index (χ1) is 18.8. The number of rotatable bonds is 6. The van der Waals surface area contributed by atoms with Gasteiger partial charge in [0.1, 0.15) is 29.6 Å². The van der Waals surface area contributed by atoms with Crippen LogP contribution in [0.4, 0.5) is 8.78 Å². The average molecular weight is 559 g/mol. The molecule has 0 unspecified atom stereocenters. The Kier molecular flexibility index (Phi) is 10.2. The van der Waals surface area contributed by atoms with Gasteiger partial charge in [-0.1, -0.05) is 38.1 Å². The molecule has 40 heavy (non-hydrogen) atoms. The lowest BCUT2D eigenvalue weighted by Gasteiger charge is -2.27. The predicted molar refractivity (Wildman–Crippen MR) is 145 cm³/mol. The van der Waals surface area contributed by atoms with Crippen molar-refractivity contribution in [2.75, 3.05) is 6.54 Å². The van der Waals surface area contributed by atoms with Crippen LogP contribution in [0.15, 0.2) is 48.5 Å². The van der Waals surface area contributed by atoms with Crippen molar-refractivity contribution in [1.82, 2.24) is 21.3 Å². The molecule has 0 spiro atoms. The Morgan fingerprint density at radius 3 is 2.15 bits per heavy atom. The smallest absolute Gasteiger partial charge is 0.262 e. The predicted octanol–water partition coefficient (Wildman–Crippen LogP) is 2.87. The van der Waals surface area contributed by atoms with E-state index in [-0.39, 0.29) is 25.2 Å². The Morgan fingerprint density at radius 2 is 1.60 bits per heavy atom. The fraction of sp³-hybridized carbons (Fsp3) is 0.448. The zero-order valence-electron chi connectivity index (χ0n) is 23.1. The van der Waals surface area contributed by atoms with Crippen LogP contribution in [0, 0.1) is 5.92 Å². The van der Waals surface area contributed by atoms with E-state index >= 15 is 0 Å². The number of amides is 4. The van der Waals surface area contributed by atoms with Gasteiger partial charge in [-0.3, -0.25) is 19.2 Å². The van der Waals surface area contributed by atoms with Crippen LogP contribution in [0.1, 0.15) is 45.2 Å². The second-order valence-electron chi connectivity index (χ2n) is 10.6. The maximum atomic E-state index is 13.5. The summed E-state index contributed by atoms with van der Waals surface area (Å²) in [5.74, 6) is -4.64. The first-order valence-corrected chi connectivity index (χ1v) is 13.2. The molecule has 0 fully saturated rings. The van der Waals surface area contributed by atoms with Crippen molar-refractivity contribution < 1.29 is 32.7 Å². The zero-order chi connectivity index (χ0) is 29.4. The van der Waals surface area contributed by atoms with Crippen LogP contribution in [-0.2, 0) is 32.0 Å². The van der Waals surface area contributed by atoms with Crippen LogP contribution >= 0.6 is 0 Å². The van der Waals surface area contributed by atoms with Crippen LogP contribution < -0.4 is 26.0 Å². The van der Waals surface area contributed by atoms with Crippen molar-refractivity contribution in [3.05, 3.63) is 59.7 Å². The van der Waals surface area contributed by atoms with Crippen molar-refractivity contribution in [1.29, 1.82) is 0 Å². The second kappa shape index (κ2) is 13.4. The van der Waals surface area contributed by atoms with Crippen LogP contribution in [0.25, 0.3) is 0 Å². The minimum absolute atomic E-state index is 0.0129. The SMILES string of the molecule is CC(=O)N[C@H]1Cc2cccc(c2)Oc2cccc(c2)C[C@@H](C(=O)NCC(C)(F)F)NC(=O)[C@H](CC(C)C)NC1=O. The minimum atomic E-state index is -3.15. The summed E-state index contributed by atoms with van der Waals surface area (Å²) >= 11 is 0. The zero-order valence-corrected chi connectivity index (χ0v) is 23.1. The number of nitrogens with one attached hydrogen (secondary N) is 4. The summed E-state index contributed by atoms with van der Waals surface area (Å²) in [6.45, 7) is 4.81. The fourth-order valence-corrected chi connectivity index (χ4v) is 4.36. The van der Waals surface area contributed by atoms with E-state index in [9.17, 15) is 28.0 Å². The maximum Gasteiger partial charge on any atom is 0.262 e. The Hall–Kier alpha value is -4.02. The number of hydrogen-bond acceptors (Lipinski definition) is 5. The molecule has 0 aromatic heterocycles. The molecule has 0 saturated carbocycles. The van der Waals surface area contributed by atoms with Crippen molar-refractivity contribution in [3.63, 3.8) is 0 Å². The fourth-order valence-electron chi connectivity index (χ4n) is 4.36. The van der Waals surface area contributed by atoms with Gasteiger partial charge in [-0.15, -0.1) is 0 Å². The molecule has 3 atom stereocenters. The molecule has 1 aliphatic rings. The van der Waals surface area contributed by atoms with Gasteiger partial charge < -0.3 is 26.0 Å². The molecule has 0 radical (unpaired) electrons. The van der Waals surface area contributed by atoms with Gasteiger partial charge in [-0.25, -0.2) is 8.78 Å². The summed E-state index contributed by atoms with van der Waals surface area (Å²) in [5, 5.41) is 10.2. The molecule has 0 saturated heterocycles. The van der Waals surface area contributed by atoms with Crippen molar-refractivity contribution in [2.24, 2.45) is 5.92 Å². The van der Waals surface area contributed by atoms with Crippen molar-refractivity contribution in [2.45, 2.75) is 71.0 Å². The van der Waals surface area contributed by atoms with Gasteiger partial charge >= 0.3 is 0 Å². The van der Waals surface area contributed by atoms with E-state index in [1.165, 1.54) is 6.92 Å². The van der Waals surface area contributed by atoms with Gasteiger partial charge in [-0.05, 0) is 47.7 Å². The summed E-state index contributed by atoms with van der Waals surface area (Å²) in [6.07, 6.45) is 0.362. The minimum Gasteiger partial charge on any atom is -0.457 e. The molecule has 1 aliphatic heterocycles. The second-order valence-corrected chi connectivity index (χ2v) is 10.6. The van der Waals surface area contributed by atoms with Crippen molar-refractivity contribution >= 4 is 23.6 Å². The summed E-state index contributed by atoms with van der Waals surface area (Å²) in [6, 6.07) is 10.7. The molecule has 0 aliphatic carbocycles. The Morgan fingerprint density at radius 1 is 1.00 bits per heavy atom. The number of alkyl halides is 2. The average Bonchev–Trinajstić information content (AvgIpc) is 2.85. The highest BCUT2D eigenvalue weighted by Gasteiger charge is 2.31. The van der Waals surface area contributed by atoms with Crippen molar-refractivity contribution in [3.8, 4) is 11.5 Å². The first kappa shape index (κ1) is 30.5. The molecule has 4 N–H and O–H groups in total. The van der Waals surface area contributed by atoms with Crippen LogP contribution in [0.5, 0.6) is 11.5 Å². The van der Waals surface area contributed by atoms with Gasteiger partial charge in [-0.2, -0.15) is 0 Å². The van der Waals surface area contributed by atoms with Gasteiger partial charge in [0.2, 0.25) is 23.6 Å². The summed E-state index contributed by atoms with van der Waals surface area (Å²) in [7, 11) is 0. The van der Waals surface area contributed by atoms with Gasteiger partial charge in [0.15, 0.2) is 0 Å². The number of carbonyl (C=O) groups excluding carboxylic acids is 4.